The van der Waals surface area contributed by atoms with Crippen molar-refractivity contribution >= 4 is 20.4 Å². The summed E-state index contributed by atoms with van der Waals surface area (Å²) in [6.45, 7) is 0. The summed E-state index contributed by atoms with van der Waals surface area (Å²) in [6, 6.07) is 3.66. The van der Waals surface area contributed by atoms with E-state index < -0.39 is 0 Å². The highest BCUT2D eigenvalue weighted by Gasteiger charge is 1.81. The molecule has 0 fully saturated rings. The van der Waals surface area contributed by atoms with Gasteiger partial charge in [-0.15, -0.1) is 9.24 Å². The summed E-state index contributed by atoms with van der Waals surface area (Å²) in [5, 5.41) is 1.05. The van der Waals surface area contributed by atoms with Gasteiger partial charge in [0, 0.05) is 6.20 Å². The highest BCUT2D eigenvalue weighted by molar-refractivity contribution is 7.27. The Morgan fingerprint density at radius 1 is 1.50 bits per heavy atom. The van der Waals surface area contributed by atoms with Crippen LogP contribution >= 0.6 is 9.24 Å². The summed E-state index contributed by atoms with van der Waals surface area (Å²) in [6.07, 6.45) is 1.71. The van der Waals surface area contributed by atoms with Crippen LogP contribution < -0.4 is 11.0 Å². The lowest BCUT2D eigenvalue weighted by Crippen LogP contribution is -1.94. The molecular formula is C5H7N2P. The van der Waals surface area contributed by atoms with Crippen LogP contribution in [0.25, 0.3) is 0 Å². The van der Waals surface area contributed by atoms with Gasteiger partial charge in [-0.05, 0) is 17.4 Å². The lowest BCUT2D eigenvalue weighted by atomic mass is 10.5. The summed E-state index contributed by atoms with van der Waals surface area (Å²) in [7, 11) is 2.53. The van der Waals surface area contributed by atoms with Crippen LogP contribution in [0.4, 0.5) is 5.82 Å². The Morgan fingerprint density at radius 3 is 2.62 bits per heavy atom. The van der Waals surface area contributed by atoms with Crippen molar-refractivity contribution < 1.29 is 0 Å². The van der Waals surface area contributed by atoms with Gasteiger partial charge < -0.3 is 5.73 Å². The molecular weight excluding hydrogens is 119 g/mol. The highest BCUT2D eigenvalue weighted by atomic mass is 31.0. The maximum Gasteiger partial charge on any atom is 0.123 e. The van der Waals surface area contributed by atoms with E-state index in [2.05, 4.69) is 14.2 Å². The molecule has 0 aliphatic heterocycles. The number of rotatable bonds is 0. The van der Waals surface area contributed by atoms with Crippen molar-refractivity contribution in [3.05, 3.63) is 18.3 Å². The van der Waals surface area contributed by atoms with Gasteiger partial charge in [-0.2, -0.15) is 0 Å². The Balaban J connectivity index is 3.03. The highest BCUT2D eigenvalue weighted by Crippen LogP contribution is 1.92. The van der Waals surface area contributed by atoms with E-state index in [0.717, 1.165) is 5.30 Å². The number of hydrogen-bond donors (Lipinski definition) is 1. The van der Waals surface area contributed by atoms with Crippen LogP contribution in [0, 0.1) is 0 Å². The van der Waals surface area contributed by atoms with Gasteiger partial charge in [-0.1, -0.05) is 0 Å². The molecule has 2 nitrogen and oxygen atoms in total. The maximum absolute atomic E-state index is 5.31. The van der Waals surface area contributed by atoms with Gasteiger partial charge in [0.2, 0.25) is 0 Å². The fourth-order valence-corrected chi connectivity index (χ4v) is 0.588. The van der Waals surface area contributed by atoms with Crippen molar-refractivity contribution in [3.63, 3.8) is 0 Å². The lowest BCUT2D eigenvalue weighted by molar-refractivity contribution is 1.36. The molecule has 0 aliphatic rings. The first-order chi connectivity index (χ1) is 3.79. The van der Waals surface area contributed by atoms with Gasteiger partial charge in [-0.3, -0.25) is 0 Å². The Bertz CT molecular complexity index is 149. The number of aromatic nitrogens is 1. The van der Waals surface area contributed by atoms with E-state index in [4.69, 9.17) is 5.73 Å². The third kappa shape index (κ3) is 1.17. The van der Waals surface area contributed by atoms with Crippen LogP contribution in [-0.2, 0) is 0 Å². The Hall–Kier alpha value is -0.620. The molecule has 1 aromatic rings. The predicted molar refractivity (Wildman–Crippen MR) is 38.0 cm³/mol. The van der Waals surface area contributed by atoms with Crippen molar-refractivity contribution in [2.24, 2.45) is 0 Å². The molecule has 42 valence electrons. The SMILES string of the molecule is Nc1ccc(P)cn1. The minimum absolute atomic E-state index is 0.566. The smallest absolute Gasteiger partial charge is 0.123 e. The molecule has 1 rings (SSSR count). The molecule has 0 aromatic carbocycles. The number of pyridine rings is 1. The standard InChI is InChI=1S/C5H7N2P/c6-5-2-1-4(8)3-7-5/h1-3H,8H2,(H2,6,7). The number of nitrogens with two attached hydrogens (primary N) is 1. The Morgan fingerprint density at radius 2 is 2.25 bits per heavy atom. The second-order valence-electron chi connectivity index (χ2n) is 1.52. The summed E-state index contributed by atoms with van der Waals surface area (Å²) >= 11 is 0. The summed E-state index contributed by atoms with van der Waals surface area (Å²) < 4.78 is 0. The van der Waals surface area contributed by atoms with Crippen molar-refractivity contribution in [1.29, 1.82) is 0 Å². The summed E-state index contributed by atoms with van der Waals surface area (Å²) in [5.41, 5.74) is 5.31. The molecule has 3 heteroatoms. The van der Waals surface area contributed by atoms with Crippen LogP contribution in [0.5, 0.6) is 0 Å². The van der Waals surface area contributed by atoms with Crippen molar-refractivity contribution in [2.75, 3.05) is 5.73 Å². The quantitative estimate of drug-likeness (QED) is 0.503. The molecule has 0 aliphatic carbocycles. The van der Waals surface area contributed by atoms with Gasteiger partial charge in [0.05, 0.1) is 0 Å². The molecule has 1 unspecified atom stereocenters. The van der Waals surface area contributed by atoms with Gasteiger partial charge in [0.1, 0.15) is 5.82 Å². The van der Waals surface area contributed by atoms with Crippen LogP contribution in [0.2, 0.25) is 0 Å². The second-order valence-corrected chi connectivity index (χ2v) is 2.18. The largest absolute Gasteiger partial charge is 0.384 e. The van der Waals surface area contributed by atoms with Gasteiger partial charge in [-0.25, -0.2) is 4.98 Å². The fraction of sp³-hybridized carbons (Fsp3) is 0. The molecule has 0 saturated carbocycles. The van der Waals surface area contributed by atoms with Crippen molar-refractivity contribution in [1.82, 2.24) is 4.98 Å². The van der Waals surface area contributed by atoms with E-state index in [9.17, 15) is 0 Å². The van der Waals surface area contributed by atoms with E-state index in [-0.39, 0.29) is 0 Å². The first-order valence-corrected chi connectivity index (χ1v) is 2.84. The average Bonchev–Trinajstić information content (AvgIpc) is 1.77. The molecule has 0 amide bonds. The van der Waals surface area contributed by atoms with E-state index in [1.54, 1.807) is 12.3 Å². The molecule has 1 aromatic heterocycles. The van der Waals surface area contributed by atoms with Crippen LogP contribution in [0.15, 0.2) is 18.3 Å². The maximum atomic E-state index is 5.31. The van der Waals surface area contributed by atoms with E-state index in [1.165, 1.54) is 0 Å². The number of anilines is 1. The molecule has 1 heterocycles. The first-order valence-electron chi connectivity index (χ1n) is 2.26. The van der Waals surface area contributed by atoms with Crippen molar-refractivity contribution in [3.8, 4) is 0 Å². The topological polar surface area (TPSA) is 38.9 Å². The third-order valence-corrected chi connectivity index (χ3v) is 1.15. The average molecular weight is 126 g/mol. The first kappa shape index (κ1) is 5.52. The third-order valence-electron chi connectivity index (χ3n) is 0.809. The van der Waals surface area contributed by atoms with E-state index >= 15 is 0 Å². The van der Waals surface area contributed by atoms with Gasteiger partial charge in [0.15, 0.2) is 0 Å². The minimum Gasteiger partial charge on any atom is -0.384 e. The molecule has 1 atom stereocenters. The zero-order valence-electron chi connectivity index (χ0n) is 4.33. The van der Waals surface area contributed by atoms with Crippen LogP contribution in [0.3, 0.4) is 0 Å². The Kier molecular flexibility index (Phi) is 1.45. The van der Waals surface area contributed by atoms with Gasteiger partial charge in [0.25, 0.3) is 0 Å². The minimum atomic E-state index is 0.566. The molecule has 2 N–H and O–H groups in total. The molecule has 0 radical (unpaired) electrons. The van der Waals surface area contributed by atoms with Crippen LogP contribution in [-0.4, -0.2) is 4.98 Å². The number of nitrogens with zero attached hydrogens (tertiary/aromatic N) is 1. The van der Waals surface area contributed by atoms with Gasteiger partial charge >= 0.3 is 0 Å². The molecule has 0 spiro atoms. The second kappa shape index (κ2) is 2.10. The number of hydrogen-bond acceptors (Lipinski definition) is 2. The lowest BCUT2D eigenvalue weighted by Gasteiger charge is -1.89. The zero-order chi connectivity index (χ0) is 5.98. The Labute approximate surface area is 50.3 Å². The van der Waals surface area contributed by atoms with Crippen LogP contribution in [0.1, 0.15) is 0 Å². The monoisotopic (exact) mass is 126 g/mol. The number of nitrogen functional groups attached to an aromatic ring is 1. The molecule has 8 heavy (non-hydrogen) atoms. The molecule has 0 saturated heterocycles. The summed E-state index contributed by atoms with van der Waals surface area (Å²) in [5.74, 6) is 0.566. The molecule has 0 bridgehead atoms. The van der Waals surface area contributed by atoms with E-state index in [1.807, 2.05) is 6.07 Å². The zero-order valence-corrected chi connectivity index (χ0v) is 5.49. The summed E-state index contributed by atoms with van der Waals surface area (Å²) in [4.78, 5) is 3.84. The van der Waals surface area contributed by atoms with Crippen molar-refractivity contribution in [2.45, 2.75) is 0 Å². The van der Waals surface area contributed by atoms with E-state index in [0.29, 0.717) is 5.82 Å². The normalized spacial score (nSPS) is 9.12. The predicted octanol–water partition coefficient (Wildman–Crippen LogP) is 0.164. The fourth-order valence-electron chi connectivity index (χ4n) is 0.417.